The zero-order valence-electron chi connectivity index (χ0n) is 17.7. The van der Waals surface area contributed by atoms with E-state index in [4.69, 9.17) is 9.47 Å². The molecule has 0 saturated carbocycles. The zero-order chi connectivity index (χ0) is 22.5. The highest BCUT2D eigenvalue weighted by Crippen LogP contribution is 2.26. The monoisotopic (exact) mass is 430 g/mol. The van der Waals surface area contributed by atoms with Gasteiger partial charge in [-0.3, -0.25) is 4.90 Å². The maximum atomic E-state index is 12.9. The van der Waals surface area contributed by atoms with Gasteiger partial charge in [-0.15, -0.1) is 0 Å². The van der Waals surface area contributed by atoms with E-state index >= 15 is 0 Å². The molecule has 8 heteroatoms. The van der Waals surface area contributed by atoms with Crippen LogP contribution in [0.4, 0.5) is 15.3 Å². The number of para-hydroxylation sites is 2. The number of rotatable bonds is 5. The van der Waals surface area contributed by atoms with Crippen LogP contribution >= 0.6 is 0 Å². The standard InChI is InChI=1S/C24H22N4O4/c1-31-17-9-7-8-16(14-17)15-28-22(18-10-3-4-11-19(18)26-24(28)30)27-23(29)25-20-12-5-6-13-21(20)32-2/h3-14,18H,15H2,1-2H3,(H,25,29)/b27-22-. The summed E-state index contributed by atoms with van der Waals surface area (Å²) in [6.45, 7) is 0.196. The van der Waals surface area contributed by atoms with Gasteiger partial charge in [-0.25, -0.2) is 9.59 Å². The smallest absolute Gasteiger partial charge is 0.349 e. The number of ether oxygens (including phenoxy) is 2. The maximum Gasteiger partial charge on any atom is 0.349 e. The highest BCUT2D eigenvalue weighted by molar-refractivity contribution is 6.24. The van der Waals surface area contributed by atoms with Crippen LogP contribution in [0.25, 0.3) is 0 Å². The number of carbonyl (C=O) groups excluding carboxylic acids is 2. The normalized spacial score (nSPS) is 18.2. The fourth-order valence-corrected chi connectivity index (χ4v) is 3.52. The number of amides is 4. The van der Waals surface area contributed by atoms with E-state index in [0.29, 0.717) is 28.7 Å². The van der Waals surface area contributed by atoms with Crippen LogP contribution in [0.3, 0.4) is 0 Å². The first-order valence-electron chi connectivity index (χ1n) is 9.99. The maximum absolute atomic E-state index is 12.9. The minimum Gasteiger partial charge on any atom is -0.497 e. The zero-order valence-corrected chi connectivity index (χ0v) is 17.7. The van der Waals surface area contributed by atoms with Gasteiger partial charge in [0.25, 0.3) is 0 Å². The number of benzene rings is 2. The molecule has 0 radical (unpaired) electrons. The van der Waals surface area contributed by atoms with Crippen molar-refractivity contribution < 1.29 is 19.1 Å². The summed E-state index contributed by atoms with van der Waals surface area (Å²) < 4.78 is 10.6. The van der Waals surface area contributed by atoms with Gasteiger partial charge in [0.2, 0.25) is 0 Å². The molecule has 2 aromatic carbocycles. The molecular formula is C24H22N4O4. The topological polar surface area (TPSA) is 92.6 Å². The molecule has 162 valence electrons. The fraction of sp³-hybridized carbons (Fsp3) is 0.167. The number of amidine groups is 1. The average Bonchev–Trinajstić information content (AvgIpc) is 2.81. The third-order valence-electron chi connectivity index (χ3n) is 5.05. The van der Waals surface area contributed by atoms with Crippen LogP contribution in [-0.2, 0) is 6.54 Å². The summed E-state index contributed by atoms with van der Waals surface area (Å²) >= 11 is 0. The van der Waals surface area contributed by atoms with Crippen LogP contribution < -0.4 is 14.8 Å². The molecule has 8 nitrogen and oxygen atoms in total. The Labute approximate surface area is 185 Å². The van der Waals surface area contributed by atoms with Gasteiger partial charge in [-0.2, -0.15) is 9.98 Å². The lowest BCUT2D eigenvalue weighted by Crippen LogP contribution is -2.46. The third kappa shape index (κ3) is 4.44. The van der Waals surface area contributed by atoms with Gasteiger partial charge in [-0.05, 0) is 35.9 Å². The molecule has 1 heterocycles. The summed E-state index contributed by atoms with van der Waals surface area (Å²) in [6, 6.07) is 13.3. The lowest BCUT2D eigenvalue weighted by Gasteiger charge is -2.31. The molecule has 0 fully saturated rings. The second kappa shape index (κ2) is 9.30. The summed E-state index contributed by atoms with van der Waals surface area (Å²) in [4.78, 5) is 35.6. The van der Waals surface area contributed by atoms with Crippen molar-refractivity contribution in [2.24, 2.45) is 15.9 Å². The van der Waals surface area contributed by atoms with Gasteiger partial charge < -0.3 is 14.8 Å². The molecule has 1 atom stereocenters. The number of hydrogen-bond acceptors (Lipinski definition) is 4. The van der Waals surface area contributed by atoms with Crippen LogP contribution in [0.2, 0.25) is 0 Å². The molecule has 0 aromatic heterocycles. The first-order chi connectivity index (χ1) is 15.6. The van der Waals surface area contributed by atoms with Crippen molar-refractivity contribution in [2.45, 2.75) is 6.54 Å². The van der Waals surface area contributed by atoms with E-state index in [1.165, 1.54) is 12.0 Å². The minimum absolute atomic E-state index is 0.196. The lowest BCUT2D eigenvalue weighted by molar-refractivity contribution is 0.226. The third-order valence-corrected chi connectivity index (χ3v) is 5.05. The van der Waals surface area contributed by atoms with E-state index in [1.54, 1.807) is 43.5 Å². The van der Waals surface area contributed by atoms with Crippen molar-refractivity contribution in [1.82, 2.24) is 4.90 Å². The van der Waals surface area contributed by atoms with Crippen molar-refractivity contribution in [3.8, 4) is 11.5 Å². The van der Waals surface area contributed by atoms with E-state index in [2.05, 4.69) is 15.3 Å². The Morgan fingerprint density at radius 3 is 2.78 bits per heavy atom. The number of hydrogen-bond donors (Lipinski definition) is 1. The molecule has 0 spiro atoms. The highest BCUT2D eigenvalue weighted by atomic mass is 16.5. The minimum atomic E-state index is -0.614. The van der Waals surface area contributed by atoms with Crippen LogP contribution in [-0.4, -0.2) is 42.7 Å². The van der Waals surface area contributed by atoms with Crippen LogP contribution in [0.1, 0.15) is 5.56 Å². The van der Waals surface area contributed by atoms with Crippen LogP contribution in [0, 0.1) is 5.92 Å². The summed E-state index contributed by atoms with van der Waals surface area (Å²) in [5.41, 5.74) is 1.85. The summed E-state index contributed by atoms with van der Waals surface area (Å²) in [5.74, 6) is 1.07. The number of carbonyl (C=O) groups is 2. The molecule has 2 aliphatic rings. The number of nitrogens with zero attached hydrogens (tertiary/aromatic N) is 3. The second-order valence-corrected chi connectivity index (χ2v) is 7.08. The molecule has 32 heavy (non-hydrogen) atoms. The molecule has 1 aliphatic heterocycles. The van der Waals surface area contributed by atoms with E-state index in [1.807, 2.05) is 36.4 Å². The van der Waals surface area contributed by atoms with Crippen molar-refractivity contribution in [3.05, 3.63) is 78.4 Å². The molecule has 1 unspecified atom stereocenters. The Morgan fingerprint density at radius 2 is 1.97 bits per heavy atom. The number of fused-ring (bicyclic) bond motifs is 1. The molecule has 2 aromatic rings. The first kappa shape index (κ1) is 21.0. The molecule has 4 amide bonds. The van der Waals surface area contributed by atoms with Gasteiger partial charge in [0, 0.05) is 0 Å². The van der Waals surface area contributed by atoms with Gasteiger partial charge in [0.1, 0.15) is 17.3 Å². The molecule has 1 N–H and O–H groups in total. The molecule has 1 aliphatic carbocycles. The Morgan fingerprint density at radius 1 is 1.12 bits per heavy atom. The van der Waals surface area contributed by atoms with Gasteiger partial charge in [-0.1, -0.05) is 42.5 Å². The Kier molecular flexibility index (Phi) is 6.12. The Balaban J connectivity index is 1.68. The average molecular weight is 430 g/mol. The Bertz CT molecular complexity index is 1170. The number of urea groups is 2. The van der Waals surface area contributed by atoms with Gasteiger partial charge in [0.05, 0.1) is 38.1 Å². The largest absolute Gasteiger partial charge is 0.497 e. The lowest BCUT2D eigenvalue weighted by atomic mass is 9.94. The SMILES string of the molecule is COc1cccc(CN2C(=O)N=C3C=CC=CC3/C2=N/C(=O)Nc2ccccc2OC)c1. The van der Waals surface area contributed by atoms with E-state index in [9.17, 15) is 9.59 Å². The molecule has 4 rings (SSSR count). The predicted molar refractivity (Wildman–Crippen MR) is 123 cm³/mol. The number of nitrogens with one attached hydrogen (secondary N) is 1. The molecule has 0 bridgehead atoms. The van der Waals surface area contributed by atoms with Crippen molar-refractivity contribution in [3.63, 3.8) is 0 Å². The van der Waals surface area contributed by atoms with Crippen LogP contribution in [0.15, 0.2) is 82.8 Å². The number of anilines is 1. The quantitative estimate of drug-likeness (QED) is 0.758. The van der Waals surface area contributed by atoms with Crippen molar-refractivity contribution >= 4 is 29.3 Å². The van der Waals surface area contributed by atoms with Crippen LogP contribution in [0.5, 0.6) is 11.5 Å². The molecule has 0 saturated heterocycles. The van der Waals surface area contributed by atoms with E-state index in [0.717, 1.165) is 5.56 Å². The fourth-order valence-electron chi connectivity index (χ4n) is 3.52. The predicted octanol–water partition coefficient (Wildman–Crippen LogP) is 4.45. The summed E-state index contributed by atoms with van der Waals surface area (Å²) in [5, 5.41) is 2.73. The number of allylic oxidation sites excluding steroid dienone is 3. The summed E-state index contributed by atoms with van der Waals surface area (Å²) in [7, 11) is 3.10. The summed E-state index contributed by atoms with van der Waals surface area (Å²) in [6.07, 6.45) is 7.25. The number of aliphatic imine (C=N–C) groups is 2. The second-order valence-electron chi connectivity index (χ2n) is 7.08. The van der Waals surface area contributed by atoms with Crippen molar-refractivity contribution in [2.75, 3.05) is 19.5 Å². The van der Waals surface area contributed by atoms with Gasteiger partial charge >= 0.3 is 12.1 Å². The highest BCUT2D eigenvalue weighted by Gasteiger charge is 2.34. The first-order valence-corrected chi connectivity index (χ1v) is 9.99. The van der Waals surface area contributed by atoms with E-state index < -0.39 is 18.0 Å². The van der Waals surface area contributed by atoms with Crippen molar-refractivity contribution in [1.29, 1.82) is 0 Å². The molecular weight excluding hydrogens is 408 g/mol. The van der Waals surface area contributed by atoms with Gasteiger partial charge in [0.15, 0.2) is 0 Å². The Hall–Kier alpha value is -4.20. The number of methoxy groups -OCH3 is 2. The van der Waals surface area contributed by atoms with E-state index in [-0.39, 0.29) is 6.54 Å².